The van der Waals surface area contributed by atoms with Crippen LogP contribution in [0.1, 0.15) is 47.0 Å². The minimum absolute atomic E-state index is 0.134. The van der Waals surface area contributed by atoms with Gasteiger partial charge in [-0.3, -0.25) is 9.36 Å². The number of ether oxygens (including phenoxy) is 2. The first-order valence-electron chi connectivity index (χ1n) is 8.66. The van der Waals surface area contributed by atoms with Gasteiger partial charge in [0.1, 0.15) is 6.04 Å². The molecule has 0 aromatic rings. The van der Waals surface area contributed by atoms with E-state index in [1.165, 1.54) is 0 Å². The fourth-order valence-electron chi connectivity index (χ4n) is 4.01. The van der Waals surface area contributed by atoms with Crippen LogP contribution in [0.3, 0.4) is 0 Å². The molecule has 1 aliphatic carbocycles. The highest BCUT2D eigenvalue weighted by Gasteiger charge is 2.68. The number of rotatable bonds is 7. The van der Waals surface area contributed by atoms with Crippen LogP contribution in [0.2, 0.25) is 0 Å². The van der Waals surface area contributed by atoms with E-state index in [1.54, 1.807) is 13.8 Å². The summed E-state index contributed by atoms with van der Waals surface area (Å²) in [5.74, 6) is -0.961. The zero-order valence-corrected chi connectivity index (χ0v) is 15.8. The second kappa shape index (κ2) is 7.54. The molecule has 138 valence electrons. The predicted octanol–water partition coefficient (Wildman–Crippen LogP) is 2.49. The highest BCUT2D eigenvalue weighted by molar-refractivity contribution is 7.59. The van der Waals surface area contributed by atoms with Gasteiger partial charge in [-0.1, -0.05) is 20.3 Å². The van der Waals surface area contributed by atoms with Gasteiger partial charge in [0, 0.05) is 5.92 Å². The summed E-state index contributed by atoms with van der Waals surface area (Å²) in [6, 6.07) is -0.668. The van der Waals surface area contributed by atoms with Crippen LogP contribution in [-0.2, 0) is 28.2 Å². The Labute approximate surface area is 143 Å². The maximum atomic E-state index is 13.5. The van der Waals surface area contributed by atoms with Gasteiger partial charge in [0.25, 0.3) is 7.52 Å². The quantitative estimate of drug-likeness (QED) is 0.550. The zero-order chi connectivity index (χ0) is 18.0. The Hall–Kier alpha value is -0.910. The average Bonchev–Trinajstić information content (AvgIpc) is 2.76. The van der Waals surface area contributed by atoms with Crippen molar-refractivity contribution in [2.24, 2.45) is 11.8 Å². The first kappa shape index (κ1) is 19.4. The molecule has 3 atom stereocenters. The number of carbonyl (C=O) groups is 2. The normalized spacial score (nSPS) is 31.0. The van der Waals surface area contributed by atoms with E-state index in [9.17, 15) is 14.2 Å². The minimum Gasteiger partial charge on any atom is -0.465 e. The molecule has 24 heavy (non-hydrogen) atoms. The maximum Gasteiger partial charge on any atom is 0.332 e. The van der Waals surface area contributed by atoms with Gasteiger partial charge in [0.05, 0.1) is 18.4 Å². The third-order valence-electron chi connectivity index (χ3n) is 5.02. The molecule has 0 bridgehead atoms. The lowest BCUT2D eigenvalue weighted by molar-refractivity contribution is -0.147. The number of nitrogens with one attached hydrogen (secondary N) is 1. The minimum atomic E-state index is -3.38. The fraction of sp³-hybridized carbons (Fsp3) is 0.875. The van der Waals surface area contributed by atoms with Crippen molar-refractivity contribution in [1.29, 1.82) is 0 Å². The van der Waals surface area contributed by atoms with Crippen molar-refractivity contribution in [3.8, 4) is 0 Å². The van der Waals surface area contributed by atoms with E-state index in [-0.39, 0.29) is 31.7 Å². The second-order valence-corrected chi connectivity index (χ2v) is 9.23. The second-order valence-electron chi connectivity index (χ2n) is 6.72. The molecule has 1 saturated carbocycles. The topological polar surface area (TPSA) is 90.9 Å². The highest BCUT2D eigenvalue weighted by atomic mass is 31.2. The molecule has 0 aromatic carbocycles. The molecule has 0 aromatic heterocycles. The van der Waals surface area contributed by atoms with Gasteiger partial charge in [0.2, 0.25) is 0 Å². The van der Waals surface area contributed by atoms with E-state index >= 15 is 0 Å². The van der Waals surface area contributed by atoms with E-state index in [4.69, 9.17) is 14.0 Å². The number of hydrogen-bond acceptors (Lipinski definition) is 6. The molecule has 1 aliphatic heterocycles. The summed E-state index contributed by atoms with van der Waals surface area (Å²) in [6.45, 7) is 7.60. The molecule has 8 heteroatoms. The maximum absolute atomic E-state index is 13.5. The summed E-state index contributed by atoms with van der Waals surface area (Å²) in [6.07, 6.45) is 2.38. The molecule has 0 amide bonds. The molecule has 2 fully saturated rings. The van der Waals surface area contributed by atoms with E-state index < -0.39 is 30.7 Å². The molecule has 2 aliphatic rings. The van der Waals surface area contributed by atoms with Crippen molar-refractivity contribution in [1.82, 2.24) is 5.09 Å². The van der Waals surface area contributed by atoms with E-state index in [2.05, 4.69) is 5.09 Å². The largest absolute Gasteiger partial charge is 0.465 e. The highest BCUT2D eigenvalue weighted by Crippen LogP contribution is 2.73. The van der Waals surface area contributed by atoms with Crippen molar-refractivity contribution in [2.75, 3.05) is 19.8 Å². The molecule has 2 rings (SSSR count). The van der Waals surface area contributed by atoms with Crippen molar-refractivity contribution in [2.45, 2.75) is 58.2 Å². The van der Waals surface area contributed by atoms with Crippen LogP contribution in [0.5, 0.6) is 0 Å². The molecular weight excluding hydrogens is 333 g/mol. The average molecular weight is 361 g/mol. The summed E-state index contributed by atoms with van der Waals surface area (Å²) in [7, 11) is -3.38. The van der Waals surface area contributed by atoms with Gasteiger partial charge >= 0.3 is 11.9 Å². The van der Waals surface area contributed by atoms with Gasteiger partial charge in [-0.05, 0) is 32.6 Å². The molecule has 1 heterocycles. The smallest absolute Gasteiger partial charge is 0.332 e. The van der Waals surface area contributed by atoms with Gasteiger partial charge in [-0.25, -0.2) is 9.88 Å². The Balaban J connectivity index is 2.25. The van der Waals surface area contributed by atoms with Crippen molar-refractivity contribution >= 4 is 19.5 Å². The lowest BCUT2D eigenvalue weighted by atomic mass is 9.67. The van der Waals surface area contributed by atoms with Crippen molar-refractivity contribution in [3.05, 3.63) is 0 Å². The van der Waals surface area contributed by atoms with Gasteiger partial charge in [-0.2, -0.15) is 0 Å². The molecule has 1 spiro atoms. The summed E-state index contributed by atoms with van der Waals surface area (Å²) in [4.78, 5) is 24.0. The van der Waals surface area contributed by atoms with Crippen LogP contribution in [0.15, 0.2) is 0 Å². The van der Waals surface area contributed by atoms with Gasteiger partial charge in [-0.15, -0.1) is 0 Å². The predicted molar refractivity (Wildman–Crippen MR) is 88.7 cm³/mol. The van der Waals surface area contributed by atoms with Gasteiger partial charge < -0.3 is 14.0 Å². The zero-order valence-electron chi connectivity index (χ0n) is 14.9. The lowest BCUT2D eigenvalue weighted by Gasteiger charge is -2.46. The summed E-state index contributed by atoms with van der Waals surface area (Å²) >= 11 is 0. The molecule has 1 N–H and O–H groups in total. The molecule has 1 saturated heterocycles. The third-order valence-corrected chi connectivity index (χ3v) is 8.05. The fourth-order valence-corrected chi connectivity index (χ4v) is 7.27. The molecule has 0 radical (unpaired) electrons. The van der Waals surface area contributed by atoms with Crippen LogP contribution >= 0.6 is 7.52 Å². The number of esters is 2. The molecular formula is C16H28NO6P. The third kappa shape index (κ3) is 3.26. The lowest BCUT2D eigenvalue weighted by Crippen LogP contribution is -2.48. The van der Waals surface area contributed by atoms with Crippen LogP contribution in [0.25, 0.3) is 0 Å². The monoisotopic (exact) mass is 361 g/mol. The summed E-state index contributed by atoms with van der Waals surface area (Å²) < 4.78 is 29.1. The first-order chi connectivity index (χ1) is 11.3. The van der Waals surface area contributed by atoms with Crippen molar-refractivity contribution in [3.63, 3.8) is 0 Å². The first-order valence-corrected chi connectivity index (χ1v) is 10.3. The van der Waals surface area contributed by atoms with Crippen LogP contribution < -0.4 is 5.09 Å². The Morgan fingerprint density at radius 1 is 1.21 bits per heavy atom. The summed E-state index contributed by atoms with van der Waals surface area (Å²) in [5, 5.41) is 2.33. The molecule has 1 unspecified atom stereocenters. The Morgan fingerprint density at radius 2 is 1.83 bits per heavy atom. The summed E-state index contributed by atoms with van der Waals surface area (Å²) in [5.41, 5.74) is 0. The van der Waals surface area contributed by atoms with Gasteiger partial charge in [0.15, 0.2) is 6.61 Å². The van der Waals surface area contributed by atoms with Crippen LogP contribution in [0, 0.1) is 11.8 Å². The van der Waals surface area contributed by atoms with E-state index in [1.807, 2.05) is 13.8 Å². The SMILES string of the molecule is CCOC(=O)COP1(=O)N[C@H](C(=O)OCC)[C@@H](C(C)C)C12CCC2. The van der Waals surface area contributed by atoms with Crippen molar-refractivity contribution < 1.29 is 28.2 Å². The standard InChI is InChI=1S/C16H28NO6P/c1-5-21-12(18)10-23-24(20)16(8-7-9-16)13(11(3)4)14(17-24)15(19)22-6-2/h11,13-14H,5-10H2,1-4H3,(H,17,20)/t13-,14+,24?/m1/s1. The van der Waals surface area contributed by atoms with Crippen LogP contribution in [0.4, 0.5) is 0 Å². The Bertz CT molecular complexity index is 531. The molecule has 7 nitrogen and oxygen atoms in total. The van der Waals surface area contributed by atoms with E-state index in [0.29, 0.717) is 0 Å². The van der Waals surface area contributed by atoms with E-state index in [0.717, 1.165) is 19.3 Å². The Morgan fingerprint density at radius 3 is 2.29 bits per heavy atom. The number of carbonyl (C=O) groups excluding carboxylic acids is 2. The van der Waals surface area contributed by atoms with Crippen LogP contribution in [-0.4, -0.2) is 43.0 Å². The number of hydrogen-bond donors (Lipinski definition) is 1. The Kier molecular flexibility index (Phi) is 6.10.